The van der Waals surface area contributed by atoms with Crippen LogP contribution in [0.3, 0.4) is 0 Å². The number of ether oxygens (including phenoxy) is 2. The Balaban J connectivity index is 1.79. The second-order valence-electron chi connectivity index (χ2n) is 5.63. The molecule has 0 spiro atoms. The van der Waals surface area contributed by atoms with Crippen molar-refractivity contribution in [2.75, 3.05) is 26.4 Å². The van der Waals surface area contributed by atoms with E-state index in [-0.39, 0.29) is 5.91 Å². The molecule has 1 N–H and O–H groups in total. The molecule has 0 aromatic heterocycles. The molecule has 0 aliphatic carbocycles. The van der Waals surface area contributed by atoms with Gasteiger partial charge < -0.3 is 14.8 Å². The molecule has 1 atom stereocenters. The number of amides is 1. The van der Waals surface area contributed by atoms with Gasteiger partial charge in [-0.15, -0.1) is 0 Å². The molecule has 4 nitrogen and oxygen atoms in total. The van der Waals surface area contributed by atoms with Crippen LogP contribution < -0.4 is 5.32 Å². The predicted molar refractivity (Wildman–Crippen MR) is 85.3 cm³/mol. The zero-order chi connectivity index (χ0) is 15.2. The molecule has 21 heavy (non-hydrogen) atoms. The molecule has 1 aliphatic heterocycles. The van der Waals surface area contributed by atoms with E-state index < -0.39 is 0 Å². The normalized spacial score (nSPS) is 17.3. The molecule has 1 fully saturated rings. The first-order chi connectivity index (χ1) is 10.3. The van der Waals surface area contributed by atoms with Gasteiger partial charge in [-0.1, -0.05) is 38.7 Å². The minimum absolute atomic E-state index is 0.0239. The number of carbonyl (C=O) groups excluding carboxylic acids is 1. The molecule has 122 valence electrons. The Morgan fingerprint density at radius 1 is 1.24 bits per heavy atom. The van der Waals surface area contributed by atoms with Crippen LogP contribution in [0.1, 0.15) is 58.3 Å². The lowest BCUT2D eigenvalue weighted by Crippen LogP contribution is -2.22. The molecule has 0 aromatic rings. The van der Waals surface area contributed by atoms with Gasteiger partial charge in [-0.3, -0.25) is 4.79 Å². The summed E-state index contributed by atoms with van der Waals surface area (Å²) < 4.78 is 10.5. The Morgan fingerprint density at radius 2 is 2.05 bits per heavy atom. The van der Waals surface area contributed by atoms with Gasteiger partial charge in [0.25, 0.3) is 0 Å². The first kappa shape index (κ1) is 18.2. The van der Waals surface area contributed by atoms with Crippen LogP contribution in [0.2, 0.25) is 0 Å². The zero-order valence-electron chi connectivity index (χ0n) is 13.4. The summed E-state index contributed by atoms with van der Waals surface area (Å²) in [6.45, 7) is 5.26. The van der Waals surface area contributed by atoms with Crippen molar-refractivity contribution in [2.24, 2.45) is 0 Å². The van der Waals surface area contributed by atoms with E-state index in [1.165, 1.54) is 32.1 Å². The molecule has 0 bridgehead atoms. The Kier molecular flexibility index (Phi) is 11.1. The molecule has 0 aromatic carbocycles. The Bertz CT molecular complexity index is 288. The molecule has 1 aliphatic rings. The van der Waals surface area contributed by atoms with Gasteiger partial charge in [0, 0.05) is 13.2 Å². The third kappa shape index (κ3) is 12.6. The van der Waals surface area contributed by atoms with Crippen molar-refractivity contribution in [1.29, 1.82) is 0 Å². The summed E-state index contributed by atoms with van der Waals surface area (Å²) in [4.78, 5) is 11.5. The molecule has 1 heterocycles. The minimum Gasteiger partial charge on any atom is -0.379 e. The van der Waals surface area contributed by atoms with Crippen LogP contribution in [-0.2, 0) is 14.3 Å². The fourth-order valence-corrected chi connectivity index (χ4v) is 2.03. The summed E-state index contributed by atoms with van der Waals surface area (Å²) in [7, 11) is 0. The Labute approximate surface area is 129 Å². The highest BCUT2D eigenvalue weighted by atomic mass is 16.6. The van der Waals surface area contributed by atoms with E-state index >= 15 is 0 Å². The molecular weight excluding hydrogens is 266 g/mol. The van der Waals surface area contributed by atoms with Crippen molar-refractivity contribution < 1.29 is 14.3 Å². The first-order valence-corrected chi connectivity index (χ1v) is 8.46. The predicted octanol–water partition coefficient (Wildman–Crippen LogP) is 3.21. The van der Waals surface area contributed by atoms with E-state index in [4.69, 9.17) is 9.47 Å². The smallest absolute Gasteiger partial charge is 0.243 e. The summed E-state index contributed by atoms with van der Waals surface area (Å²) in [5, 5.41) is 2.90. The minimum atomic E-state index is 0.0239. The van der Waals surface area contributed by atoms with Crippen LogP contribution in [0.4, 0.5) is 0 Å². The van der Waals surface area contributed by atoms with E-state index in [0.717, 1.165) is 39.0 Å². The fourth-order valence-electron chi connectivity index (χ4n) is 2.03. The number of epoxide rings is 1. The van der Waals surface area contributed by atoms with Gasteiger partial charge in [-0.25, -0.2) is 0 Å². The van der Waals surface area contributed by atoms with Gasteiger partial charge in [0.05, 0.1) is 13.2 Å². The number of allylic oxidation sites excluding steroid dienone is 1. The van der Waals surface area contributed by atoms with E-state index in [9.17, 15) is 4.79 Å². The number of unbranched alkanes of at least 4 members (excludes halogenated alkanes) is 6. The van der Waals surface area contributed by atoms with Crippen LogP contribution in [0.25, 0.3) is 0 Å². The molecule has 0 radical (unpaired) electrons. The van der Waals surface area contributed by atoms with Crippen LogP contribution >= 0.6 is 0 Å². The Morgan fingerprint density at radius 3 is 2.81 bits per heavy atom. The van der Waals surface area contributed by atoms with Crippen LogP contribution in [-0.4, -0.2) is 38.4 Å². The summed E-state index contributed by atoms with van der Waals surface area (Å²) in [5.41, 5.74) is 0. The summed E-state index contributed by atoms with van der Waals surface area (Å²) >= 11 is 0. The average molecular weight is 297 g/mol. The quantitative estimate of drug-likeness (QED) is 0.304. The van der Waals surface area contributed by atoms with E-state index in [1.54, 1.807) is 6.08 Å². The lowest BCUT2D eigenvalue weighted by atomic mass is 10.1. The maximum Gasteiger partial charge on any atom is 0.243 e. The number of hydrogen-bond donors (Lipinski definition) is 1. The molecule has 1 unspecified atom stereocenters. The van der Waals surface area contributed by atoms with Gasteiger partial charge in [0.1, 0.15) is 6.10 Å². The third-order valence-corrected chi connectivity index (χ3v) is 3.46. The van der Waals surface area contributed by atoms with E-state index in [1.807, 2.05) is 6.08 Å². The molecular formula is C17H31NO3. The lowest BCUT2D eigenvalue weighted by molar-refractivity contribution is -0.116. The molecule has 1 saturated heterocycles. The van der Waals surface area contributed by atoms with Crippen molar-refractivity contribution in [1.82, 2.24) is 5.32 Å². The lowest BCUT2D eigenvalue weighted by Gasteiger charge is -2.03. The number of rotatable bonds is 14. The average Bonchev–Trinajstić information content (AvgIpc) is 3.29. The number of nitrogens with one attached hydrogen (secondary N) is 1. The highest BCUT2D eigenvalue weighted by Crippen LogP contribution is 2.08. The molecule has 1 rings (SSSR count). The van der Waals surface area contributed by atoms with Crippen molar-refractivity contribution in [3.63, 3.8) is 0 Å². The van der Waals surface area contributed by atoms with Gasteiger partial charge in [0.2, 0.25) is 5.91 Å². The molecule has 4 heteroatoms. The van der Waals surface area contributed by atoms with E-state index in [2.05, 4.69) is 12.2 Å². The van der Waals surface area contributed by atoms with Crippen molar-refractivity contribution in [3.05, 3.63) is 12.2 Å². The summed E-state index contributed by atoms with van der Waals surface area (Å²) in [6, 6.07) is 0. The van der Waals surface area contributed by atoms with Crippen LogP contribution in [0, 0.1) is 0 Å². The van der Waals surface area contributed by atoms with Gasteiger partial charge in [-0.05, 0) is 31.8 Å². The van der Waals surface area contributed by atoms with Crippen LogP contribution in [0.15, 0.2) is 12.2 Å². The Hall–Kier alpha value is -0.870. The zero-order valence-corrected chi connectivity index (χ0v) is 13.4. The SMILES string of the molecule is CCCCCCCC=CC(=O)NCCCCOCC1CO1. The number of hydrogen-bond acceptors (Lipinski definition) is 3. The monoisotopic (exact) mass is 297 g/mol. The standard InChI is InChI=1S/C17H31NO3/c1-2-3-4-5-6-7-8-11-17(19)18-12-9-10-13-20-14-16-15-21-16/h8,11,16H,2-7,9-10,12-15H2,1H3,(H,18,19). The summed E-state index contributed by atoms with van der Waals surface area (Å²) in [5.74, 6) is 0.0239. The fraction of sp³-hybridized carbons (Fsp3) is 0.824. The van der Waals surface area contributed by atoms with E-state index in [0.29, 0.717) is 12.7 Å². The topological polar surface area (TPSA) is 50.9 Å². The summed E-state index contributed by atoms with van der Waals surface area (Å²) in [6.07, 6.45) is 13.3. The highest BCUT2D eigenvalue weighted by Gasteiger charge is 2.21. The van der Waals surface area contributed by atoms with Gasteiger partial charge >= 0.3 is 0 Å². The van der Waals surface area contributed by atoms with Gasteiger partial charge in [0.15, 0.2) is 0 Å². The van der Waals surface area contributed by atoms with Crippen molar-refractivity contribution in [2.45, 2.75) is 64.4 Å². The van der Waals surface area contributed by atoms with Crippen LogP contribution in [0.5, 0.6) is 0 Å². The second kappa shape index (κ2) is 12.8. The van der Waals surface area contributed by atoms with Crippen molar-refractivity contribution >= 4 is 5.91 Å². The second-order valence-corrected chi connectivity index (χ2v) is 5.63. The molecule has 1 amide bonds. The molecule has 0 saturated carbocycles. The van der Waals surface area contributed by atoms with Crippen molar-refractivity contribution in [3.8, 4) is 0 Å². The largest absolute Gasteiger partial charge is 0.379 e. The third-order valence-electron chi connectivity index (χ3n) is 3.46. The van der Waals surface area contributed by atoms with Gasteiger partial charge in [-0.2, -0.15) is 0 Å². The maximum absolute atomic E-state index is 11.5. The maximum atomic E-state index is 11.5. The highest BCUT2D eigenvalue weighted by molar-refractivity contribution is 5.87. The number of carbonyl (C=O) groups is 1. The first-order valence-electron chi connectivity index (χ1n) is 8.46.